The van der Waals surface area contributed by atoms with Crippen LogP contribution >= 0.6 is 0 Å². The lowest BCUT2D eigenvalue weighted by atomic mass is 9.93. The van der Waals surface area contributed by atoms with Crippen LogP contribution in [0.2, 0.25) is 0 Å². The van der Waals surface area contributed by atoms with E-state index in [1.807, 2.05) is 0 Å². The van der Waals surface area contributed by atoms with Crippen LogP contribution < -0.4 is 0 Å². The normalized spacial score (nSPS) is 11.8. The van der Waals surface area contributed by atoms with Crippen molar-refractivity contribution < 1.29 is 0 Å². The summed E-state index contributed by atoms with van der Waals surface area (Å²) in [6.07, 6.45) is 0. The number of nitrogens with zero attached hydrogens (tertiary/aromatic N) is 6. The molecule has 0 amide bonds. The van der Waals surface area contributed by atoms with Crippen LogP contribution in [-0.2, 0) is 0 Å². The summed E-state index contributed by atoms with van der Waals surface area (Å²) in [5.41, 5.74) is 25.0. The van der Waals surface area contributed by atoms with Crippen LogP contribution in [-0.4, -0.2) is 28.2 Å². The van der Waals surface area contributed by atoms with Crippen LogP contribution in [0, 0.1) is 0 Å². The van der Waals surface area contributed by atoms with Crippen LogP contribution in [0.1, 0.15) is 0 Å². The summed E-state index contributed by atoms with van der Waals surface area (Å²) in [5.74, 6) is 0.581. The van der Waals surface area contributed by atoms with Crippen LogP contribution in [0.25, 0.3) is 177 Å². The fourth-order valence-electron chi connectivity index (χ4n) is 15.0. The molecule has 19 aromatic rings. The molecular weight excluding hydrogens is 1140 g/mol. The average molecular weight is 1200 g/mol. The lowest BCUT2D eigenvalue weighted by Gasteiger charge is -2.16. The predicted molar refractivity (Wildman–Crippen MR) is 392 cm³/mol. The maximum Gasteiger partial charge on any atom is 0.235 e. The molecule has 0 bridgehead atoms. The number of hydrogen-bond acceptors (Lipinski definition) is 2. The molecule has 6 heteroatoms. The molecule has 0 saturated carbocycles. The van der Waals surface area contributed by atoms with Crippen LogP contribution in [0.4, 0.5) is 0 Å². The minimum absolute atomic E-state index is 0.581. The van der Waals surface area contributed by atoms with Crippen LogP contribution in [0.5, 0.6) is 0 Å². The van der Waals surface area contributed by atoms with Crippen molar-refractivity contribution in [2.45, 2.75) is 0 Å². The van der Waals surface area contributed by atoms with E-state index in [2.05, 4.69) is 358 Å². The molecule has 0 saturated heterocycles. The summed E-state index contributed by atoms with van der Waals surface area (Å²) in [7, 11) is 0. The molecule has 19 rings (SSSR count). The largest absolute Gasteiger partial charge is 0.309 e. The molecular formula is C88H56N6. The Hall–Kier alpha value is -12.6. The van der Waals surface area contributed by atoms with E-state index >= 15 is 0 Å². The van der Waals surface area contributed by atoms with E-state index in [4.69, 9.17) is 9.97 Å². The first-order valence-electron chi connectivity index (χ1n) is 32.1. The van der Waals surface area contributed by atoms with Crippen molar-refractivity contribution >= 4 is 87.2 Å². The molecule has 0 aliphatic rings. The Morgan fingerprint density at radius 1 is 0.181 bits per heavy atom. The summed E-state index contributed by atoms with van der Waals surface area (Å²) in [6, 6.07) is 123. The highest BCUT2D eigenvalue weighted by Crippen LogP contribution is 2.45. The highest BCUT2D eigenvalue weighted by molar-refractivity contribution is 6.18. The molecule has 0 N–H and O–H groups in total. The smallest absolute Gasteiger partial charge is 0.235 e. The molecule has 0 fully saturated rings. The van der Waals surface area contributed by atoms with E-state index in [1.54, 1.807) is 0 Å². The SMILES string of the molecule is c1ccc(-c2ccc(-c3ccccc3)c(-c3cc(-c4cccc(-n5c6ccccc6c6cc(-c7cccc8c9ccccc9n(-c9ccccc9)c78)ccc65)c4)nc(-n4c5ccccc5c5cc(-c6cccc7c8ccccc8n(-c8ccccc8)c67)ccc54)n3)c2)cc1. The van der Waals surface area contributed by atoms with Gasteiger partial charge in [-0.1, -0.05) is 243 Å². The Morgan fingerprint density at radius 2 is 0.574 bits per heavy atom. The summed E-state index contributed by atoms with van der Waals surface area (Å²) in [4.78, 5) is 11.5. The molecule has 6 nitrogen and oxygen atoms in total. The summed E-state index contributed by atoms with van der Waals surface area (Å²) in [5, 5.41) is 9.51. The highest BCUT2D eigenvalue weighted by atomic mass is 15.2. The standard InChI is InChI=1S/C88H56N6/c1-5-24-57(25-6-1)59-46-49-66(58-26-7-2-8-27-58)75(53-59)79-56-78(89-88(90-79)94-83-45-20-16-37-72(83)77-55-61(48-51-85(77)94)68-39-23-41-74-70-35-14-19-44-82(70)93(87(68)74)64-31-11-4-12-32-64)62-28-21-33-65(52-62)91-80-42-17-15-36-71(80)76-54-60(47-50-84(76)91)67-38-22-40-73-69-34-13-18-43-81(69)92(86(67)73)63-29-9-3-10-30-63/h1-56H. The van der Waals surface area contributed by atoms with Gasteiger partial charge in [0.15, 0.2) is 0 Å². The molecule has 5 aromatic heterocycles. The van der Waals surface area contributed by atoms with E-state index in [0.29, 0.717) is 5.95 Å². The van der Waals surface area contributed by atoms with Gasteiger partial charge in [0.25, 0.3) is 0 Å². The highest BCUT2D eigenvalue weighted by Gasteiger charge is 2.24. The van der Waals surface area contributed by atoms with Gasteiger partial charge in [-0.3, -0.25) is 4.57 Å². The first-order valence-corrected chi connectivity index (χ1v) is 32.1. The molecule has 5 heterocycles. The van der Waals surface area contributed by atoms with Gasteiger partial charge in [-0.2, -0.15) is 0 Å². The van der Waals surface area contributed by atoms with Crippen molar-refractivity contribution in [1.29, 1.82) is 0 Å². The fraction of sp³-hybridized carbons (Fsp3) is 0. The number of fused-ring (bicyclic) bond motifs is 12. The molecule has 0 aliphatic heterocycles. The van der Waals surface area contributed by atoms with Gasteiger partial charge in [0, 0.05) is 82.4 Å². The average Bonchev–Trinajstić information content (AvgIpc) is 1.58. The second kappa shape index (κ2) is 21.5. The zero-order chi connectivity index (χ0) is 61.8. The van der Waals surface area contributed by atoms with Gasteiger partial charge in [0.2, 0.25) is 5.95 Å². The van der Waals surface area contributed by atoms with Crippen LogP contribution in [0.15, 0.2) is 340 Å². The second-order valence-electron chi connectivity index (χ2n) is 24.4. The Balaban J connectivity index is 0.812. The molecule has 0 radical (unpaired) electrons. The summed E-state index contributed by atoms with van der Waals surface area (Å²) < 4.78 is 9.55. The second-order valence-corrected chi connectivity index (χ2v) is 24.4. The molecule has 438 valence electrons. The maximum atomic E-state index is 5.77. The Bertz CT molecular complexity index is 6210. The molecule has 0 spiro atoms. The zero-order valence-electron chi connectivity index (χ0n) is 51.0. The minimum atomic E-state index is 0.581. The molecule has 0 aliphatic carbocycles. The van der Waals surface area contributed by atoms with Gasteiger partial charge in [0.1, 0.15) is 0 Å². The topological polar surface area (TPSA) is 45.5 Å². The molecule has 0 atom stereocenters. The molecule has 0 unspecified atom stereocenters. The van der Waals surface area contributed by atoms with Gasteiger partial charge >= 0.3 is 0 Å². The lowest BCUT2D eigenvalue weighted by molar-refractivity contribution is 0.995. The van der Waals surface area contributed by atoms with E-state index in [1.165, 1.54) is 59.9 Å². The number of benzene rings is 14. The van der Waals surface area contributed by atoms with Crippen LogP contribution in [0.3, 0.4) is 0 Å². The first-order chi connectivity index (χ1) is 46.6. The number of para-hydroxylation sites is 8. The zero-order valence-corrected chi connectivity index (χ0v) is 51.0. The van der Waals surface area contributed by atoms with Crippen molar-refractivity contribution in [2.75, 3.05) is 0 Å². The van der Waals surface area contributed by atoms with Gasteiger partial charge in [0.05, 0.1) is 55.5 Å². The fourth-order valence-corrected chi connectivity index (χ4v) is 15.0. The quantitative estimate of drug-likeness (QED) is 0.137. The molecule has 94 heavy (non-hydrogen) atoms. The third kappa shape index (κ3) is 8.43. The lowest BCUT2D eigenvalue weighted by Crippen LogP contribution is -2.05. The minimum Gasteiger partial charge on any atom is -0.309 e. The Kier molecular flexibility index (Phi) is 12.2. The van der Waals surface area contributed by atoms with Crippen molar-refractivity contribution in [2.24, 2.45) is 0 Å². The van der Waals surface area contributed by atoms with Gasteiger partial charge in [-0.05, 0) is 130 Å². The van der Waals surface area contributed by atoms with Crippen molar-refractivity contribution in [3.8, 4) is 90.0 Å². The Labute approximate surface area is 542 Å². The number of rotatable bonds is 10. The van der Waals surface area contributed by atoms with Crippen molar-refractivity contribution in [3.05, 3.63) is 340 Å². The maximum absolute atomic E-state index is 5.77. The third-order valence-corrected chi connectivity index (χ3v) is 19.2. The number of hydrogen-bond donors (Lipinski definition) is 0. The predicted octanol–water partition coefficient (Wildman–Crippen LogP) is 22.9. The van der Waals surface area contributed by atoms with Gasteiger partial charge in [-0.25, -0.2) is 9.97 Å². The van der Waals surface area contributed by atoms with Gasteiger partial charge in [-0.15, -0.1) is 0 Å². The van der Waals surface area contributed by atoms with Gasteiger partial charge < -0.3 is 13.7 Å². The van der Waals surface area contributed by atoms with Crippen molar-refractivity contribution in [3.63, 3.8) is 0 Å². The van der Waals surface area contributed by atoms with Crippen molar-refractivity contribution in [1.82, 2.24) is 28.2 Å². The Morgan fingerprint density at radius 3 is 1.13 bits per heavy atom. The summed E-state index contributed by atoms with van der Waals surface area (Å²) >= 11 is 0. The summed E-state index contributed by atoms with van der Waals surface area (Å²) in [6.45, 7) is 0. The molecule has 14 aromatic carbocycles. The van der Waals surface area contributed by atoms with E-state index in [9.17, 15) is 0 Å². The monoisotopic (exact) mass is 1200 g/mol. The first kappa shape index (κ1) is 53.2. The van der Waals surface area contributed by atoms with E-state index in [-0.39, 0.29) is 0 Å². The third-order valence-electron chi connectivity index (χ3n) is 19.2. The number of aromatic nitrogens is 6. The van der Waals surface area contributed by atoms with E-state index in [0.717, 1.165) is 111 Å². The van der Waals surface area contributed by atoms with E-state index < -0.39 is 0 Å².